The number of piperidine rings is 1. The van der Waals surface area contributed by atoms with E-state index in [1.54, 1.807) is 12.1 Å². The average molecular weight is 366 g/mol. The fourth-order valence-corrected chi connectivity index (χ4v) is 3.71. The summed E-state index contributed by atoms with van der Waals surface area (Å²) in [7, 11) is 0. The molecule has 2 N–H and O–H groups in total. The first-order valence-corrected chi connectivity index (χ1v) is 9.12. The zero-order valence-electron chi connectivity index (χ0n) is 13.5. The molecular formula is C17H20ClN3O2S. The number of aromatic nitrogens is 1. The molecule has 3 rings (SSSR count). The van der Waals surface area contributed by atoms with Crippen molar-refractivity contribution in [2.24, 2.45) is 5.73 Å². The van der Waals surface area contributed by atoms with Gasteiger partial charge < -0.3 is 15.4 Å². The lowest BCUT2D eigenvalue weighted by molar-refractivity contribution is 0.0718. The smallest absolute Gasteiger partial charge is 0.265 e. The summed E-state index contributed by atoms with van der Waals surface area (Å²) in [5.74, 6) is 0.778. The molecule has 0 radical (unpaired) electrons. The van der Waals surface area contributed by atoms with Crippen LogP contribution >= 0.6 is 22.9 Å². The van der Waals surface area contributed by atoms with Crippen LogP contribution in [-0.4, -0.2) is 34.9 Å². The van der Waals surface area contributed by atoms with Gasteiger partial charge in [0.1, 0.15) is 22.2 Å². The van der Waals surface area contributed by atoms with E-state index >= 15 is 0 Å². The number of rotatable bonds is 4. The van der Waals surface area contributed by atoms with Crippen LogP contribution in [0.4, 0.5) is 0 Å². The average Bonchev–Trinajstić information content (AvgIpc) is 2.95. The Bertz CT molecular complexity index is 709. The van der Waals surface area contributed by atoms with E-state index in [1.165, 1.54) is 11.3 Å². The molecular weight excluding hydrogens is 346 g/mol. The zero-order chi connectivity index (χ0) is 17.1. The number of nitrogens with zero attached hydrogens (tertiary/aromatic N) is 2. The fourth-order valence-electron chi connectivity index (χ4n) is 2.63. The summed E-state index contributed by atoms with van der Waals surface area (Å²) in [4.78, 5) is 19.7. The second-order valence-electron chi connectivity index (χ2n) is 5.89. The summed E-state index contributed by atoms with van der Waals surface area (Å²) < 4.78 is 5.70. The standard InChI is InChI=1S/C17H20ClN3O2S/c1-11-16(17(22)21-8-6-13(19)7-9-21)24-15(20-11)10-23-14-4-2-12(18)3-5-14/h2-5,13H,6-10,19H2,1H3. The quantitative estimate of drug-likeness (QED) is 0.903. The van der Waals surface area contributed by atoms with E-state index in [9.17, 15) is 4.79 Å². The van der Waals surface area contributed by atoms with Gasteiger partial charge in [-0.05, 0) is 44.0 Å². The van der Waals surface area contributed by atoms with Crippen LogP contribution in [0.5, 0.6) is 5.75 Å². The molecule has 128 valence electrons. The first kappa shape index (κ1) is 17.2. The lowest BCUT2D eigenvalue weighted by Gasteiger charge is -2.29. The molecule has 1 aliphatic heterocycles. The number of thiazole rings is 1. The Kier molecular flexibility index (Phi) is 5.38. The number of carbonyl (C=O) groups is 1. The lowest BCUT2D eigenvalue weighted by Crippen LogP contribution is -2.42. The molecule has 1 fully saturated rings. The molecule has 0 aliphatic carbocycles. The summed E-state index contributed by atoms with van der Waals surface area (Å²) in [5, 5.41) is 1.46. The normalized spacial score (nSPS) is 15.5. The molecule has 1 aliphatic rings. The third-order valence-corrected chi connectivity index (χ3v) is 5.41. The van der Waals surface area contributed by atoms with Crippen LogP contribution in [0, 0.1) is 6.92 Å². The number of nitrogens with two attached hydrogens (primary N) is 1. The number of hydrogen-bond acceptors (Lipinski definition) is 5. The van der Waals surface area contributed by atoms with Gasteiger partial charge >= 0.3 is 0 Å². The van der Waals surface area contributed by atoms with Gasteiger partial charge in [0.2, 0.25) is 0 Å². The van der Waals surface area contributed by atoms with Gasteiger partial charge in [-0.25, -0.2) is 4.98 Å². The van der Waals surface area contributed by atoms with Gasteiger partial charge in [-0.1, -0.05) is 11.6 Å². The maximum Gasteiger partial charge on any atom is 0.265 e. The number of hydrogen-bond donors (Lipinski definition) is 1. The molecule has 0 spiro atoms. The van der Waals surface area contributed by atoms with Gasteiger partial charge in [0.05, 0.1) is 5.69 Å². The Morgan fingerprint density at radius 2 is 2.04 bits per heavy atom. The van der Waals surface area contributed by atoms with Crippen molar-refractivity contribution in [2.45, 2.75) is 32.4 Å². The van der Waals surface area contributed by atoms with Crippen LogP contribution in [-0.2, 0) is 6.61 Å². The number of aryl methyl sites for hydroxylation is 1. The molecule has 1 saturated heterocycles. The molecule has 0 unspecified atom stereocenters. The van der Waals surface area contributed by atoms with Gasteiger partial charge in [-0.2, -0.15) is 0 Å². The van der Waals surface area contributed by atoms with Crippen molar-refractivity contribution < 1.29 is 9.53 Å². The van der Waals surface area contributed by atoms with Gasteiger partial charge in [-0.15, -0.1) is 11.3 Å². The minimum absolute atomic E-state index is 0.0506. The predicted molar refractivity (Wildman–Crippen MR) is 95.7 cm³/mol. The molecule has 0 saturated carbocycles. The second-order valence-corrected chi connectivity index (χ2v) is 7.41. The number of likely N-dealkylation sites (tertiary alicyclic amines) is 1. The fraction of sp³-hybridized carbons (Fsp3) is 0.412. The van der Waals surface area contributed by atoms with Crippen LogP contribution in [0.25, 0.3) is 0 Å². The molecule has 5 nitrogen and oxygen atoms in total. The maximum absolute atomic E-state index is 12.7. The number of amides is 1. The van der Waals surface area contributed by atoms with E-state index in [2.05, 4.69) is 4.98 Å². The summed E-state index contributed by atoms with van der Waals surface area (Å²) in [6.45, 7) is 3.64. The Balaban J connectivity index is 1.64. The number of benzene rings is 1. The SMILES string of the molecule is Cc1nc(COc2ccc(Cl)cc2)sc1C(=O)N1CCC(N)CC1. The molecule has 7 heteroatoms. The maximum atomic E-state index is 12.7. The summed E-state index contributed by atoms with van der Waals surface area (Å²) in [6, 6.07) is 7.39. The minimum atomic E-state index is 0.0506. The van der Waals surface area contributed by atoms with Gasteiger partial charge in [0.25, 0.3) is 5.91 Å². The molecule has 0 bridgehead atoms. The molecule has 2 aromatic rings. The highest BCUT2D eigenvalue weighted by Crippen LogP contribution is 2.24. The predicted octanol–water partition coefficient (Wildman–Crippen LogP) is 3.25. The van der Waals surface area contributed by atoms with Crippen LogP contribution in [0.1, 0.15) is 33.2 Å². The summed E-state index contributed by atoms with van der Waals surface area (Å²) in [5.41, 5.74) is 6.66. The van der Waals surface area contributed by atoms with Gasteiger partial charge in [0.15, 0.2) is 0 Å². The third-order valence-electron chi connectivity index (χ3n) is 4.04. The van der Waals surface area contributed by atoms with Gasteiger partial charge in [-0.3, -0.25) is 4.79 Å². The topological polar surface area (TPSA) is 68.5 Å². The highest BCUT2D eigenvalue weighted by Gasteiger charge is 2.25. The van der Waals surface area contributed by atoms with Crippen molar-refractivity contribution in [1.82, 2.24) is 9.88 Å². The van der Waals surface area contributed by atoms with Crippen molar-refractivity contribution in [1.29, 1.82) is 0 Å². The van der Waals surface area contributed by atoms with Crippen LogP contribution in [0.15, 0.2) is 24.3 Å². The van der Waals surface area contributed by atoms with Crippen LogP contribution < -0.4 is 10.5 Å². The van der Waals surface area contributed by atoms with Crippen molar-refractivity contribution in [2.75, 3.05) is 13.1 Å². The Morgan fingerprint density at radius 3 is 2.71 bits per heavy atom. The molecule has 1 aromatic carbocycles. The van der Waals surface area contributed by atoms with Crippen LogP contribution in [0.3, 0.4) is 0 Å². The number of carbonyl (C=O) groups excluding carboxylic acids is 1. The Hall–Kier alpha value is -1.63. The summed E-state index contributed by atoms with van der Waals surface area (Å²) >= 11 is 7.25. The molecule has 1 aromatic heterocycles. The molecule has 0 atom stereocenters. The van der Waals surface area contributed by atoms with E-state index < -0.39 is 0 Å². The van der Waals surface area contributed by atoms with E-state index in [4.69, 9.17) is 22.1 Å². The van der Waals surface area contributed by atoms with Crippen molar-refractivity contribution >= 4 is 28.8 Å². The van der Waals surface area contributed by atoms with Crippen molar-refractivity contribution in [3.8, 4) is 5.75 Å². The third kappa shape index (κ3) is 4.06. The monoisotopic (exact) mass is 365 g/mol. The second kappa shape index (κ2) is 7.51. The van der Waals surface area contributed by atoms with Crippen molar-refractivity contribution in [3.05, 3.63) is 44.9 Å². The summed E-state index contributed by atoms with van der Waals surface area (Å²) in [6.07, 6.45) is 1.71. The van der Waals surface area contributed by atoms with E-state index in [0.717, 1.165) is 29.3 Å². The first-order chi connectivity index (χ1) is 11.5. The van der Waals surface area contributed by atoms with E-state index in [1.807, 2.05) is 24.0 Å². The minimum Gasteiger partial charge on any atom is -0.486 e. The van der Waals surface area contributed by atoms with E-state index in [-0.39, 0.29) is 11.9 Å². The van der Waals surface area contributed by atoms with Gasteiger partial charge in [0, 0.05) is 24.2 Å². The zero-order valence-corrected chi connectivity index (χ0v) is 15.1. The Labute approximate surface area is 150 Å². The lowest BCUT2D eigenvalue weighted by atomic mass is 10.1. The van der Waals surface area contributed by atoms with Crippen molar-refractivity contribution in [3.63, 3.8) is 0 Å². The van der Waals surface area contributed by atoms with E-state index in [0.29, 0.717) is 29.6 Å². The largest absolute Gasteiger partial charge is 0.486 e. The van der Waals surface area contributed by atoms with Crippen LogP contribution in [0.2, 0.25) is 5.02 Å². The molecule has 24 heavy (non-hydrogen) atoms. The Morgan fingerprint density at radius 1 is 1.38 bits per heavy atom. The molecule has 2 heterocycles. The highest BCUT2D eigenvalue weighted by atomic mass is 35.5. The highest BCUT2D eigenvalue weighted by molar-refractivity contribution is 7.13. The molecule has 1 amide bonds. The number of halogens is 1. The number of ether oxygens (including phenoxy) is 1. The first-order valence-electron chi connectivity index (χ1n) is 7.92.